The van der Waals surface area contributed by atoms with Crippen molar-refractivity contribution in [3.05, 3.63) is 40.3 Å². The van der Waals surface area contributed by atoms with Crippen molar-refractivity contribution in [2.24, 2.45) is 0 Å². The summed E-state index contributed by atoms with van der Waals surface area (Å²) in [5.41, 5.74) is 2.13. The van der Waals surface area contributed by atoms with E-state index in [4.69, 9.17) is 0 Å². The Morgan fingerprint density at radius 1 is 1.24 bits per heavy atom. The van der Waals surface area contributed by atoms with E-state index in [1.807, 2.05) is 18.6 Å². The first-order valence-electron chi connectivity index (χ1n) is 7.97. The number of urea groups is 1. The third-order valence-electron chi connectivity index (χ3n) is 3.18. The van der Waals surface area contributed by atoms with Crippen molar-refractivity contribution < 1.29 is 9.59 Å². The molecule has 0 aliphatic rings. The Labute approximate surface area is 155 Å². The molecule has 0 aliphatic carbocycles. The molecule has 0 spiro atoms. The van der Waals surface area contributed by atoms with E-state index in [2.05, 4.69) is 20.9 Å². The highest BCUT2D eigenvalue weighted by atomic mass is 32.2. The summed E-state index contributed by atoms with van der Waals surface area (Å²) >= 11 is 3.32. The monoisotopic (exact) mass is 378 g/mol. The summed E-state index contributed by atoms with van der Waals surface area (Å²) in [5.74, 6) is 0.849. The molecular weight excluding hydrogens is 356 g/mol. The molecule has 0 bridgehead atoms. The Kier molecular flexibility index (Phi) is 7.75. The van der Waals surface area contributed by atoms with E-state index in [-0.39, 0.29) is 11.9 Å². The van der Waals surface area contributed by atoms with Crippen LogP contribution in [0.4, 0.5) is 16.2 Å². The number of thioether (sulfide) groups is 1. The van der Waals surface area contributed by atoms with Gasteiger partial charge in [-0.2, -0.15) is 11.8 Å². The highest BCUT2D eigenvalue weighted by Gasteiger charge is 2.06. The fourth-order valence-electron chi connectivity index (χ4n) is 2.09. The minimum absolute atomic E-state index is 0.0336. The van der Waals surface area contributed by atoms with Gasteiger partial charge in [0.2, 0.25) is 5.91 Å². The molecule has 3 amide bonds. The number of carbonyl (C=O) groups excluding carboxylic acids is 2. The van der Waals surface area contributed by atoms with Crippen molar-refractivity contribution in [1.29, 1.82) is 0 Å². The van der Waals surface area contributed by atoms with Gasteiger partial charge in [0, 0.05) is 28.9 Å². The Morgan fingerprint density at radius 2 is 2.00 bits per heavy atom. The molecule has 6 nitrogen and oxygen atoms in total. The molecule has 0 saturated heterocycles. The van der Waals surface area contributed by atoms with Gasteiger partial charge >= 0.3 is 6.03 Å². The number of hydrogen-bond acceptors (Lipinski definition) is 5. The van der Waals surface area contributed by atoms with Gasteiger partial charge in [-0.15, -0.1) is 11.3 Å². The minimum Gasteiger partial charge on any atom is -0.332 e. The zero-order valence-electron chi connectivity index (χ0n) is 14.3. The van der Waals surface area contributed by atoms with Crippen molar-refractivity contribution in [2.45, 2.75) is 32.1 Å². The molecule has 2 aromatic rings. The Hall–Kier alpha value is -2.06. The van der Waals surface area contributed by atoms with Gasteiger partial charge in [-0.3, -0.25) is 4.79 Å². The number of rotatable bonds is 8. The maximum absolute atomic E-state index is 12.0. The molecule has 1 aromatic heterocycles. The third-order valence-corrected chi connectivity index (χ3v) is 4.82. The second-order valence-corrected chi connectivity index (χ2v) is 7.16. The second kappa shape index (κ2) is 10.0. The summed E-state index contributed by atoms with van der Waals surface area (Å²) in [6.45, 7) is 2.33. The highest BCUT2D eigenvalue weighted by molar-refractivity contribution is 7.97. The summed E-state index contributed by atoms with van der Waals surface area (Å²) in [6, 6.07) is 6.77. The molecule has 8 heteroatoms. The van der Waals surface area contributed by atoms with Crippen LogP contribution in [-0.2, 0) is 17.1 Å². The van der Waals surface area contributed by atoms with Crippen LogP contribution >= 0.6 is 23.1 Å². The van der Waals surface area contributed by atoms with Crippen molar-refractivity contribution in [1.82, 2.24) is 10.3 Å². The van der Waals surface area contributed by atoms with Crippen LogP contribution in [0.5, 0.6) is 0 Å². The minimum atomic E-state index is -0.309. The second-order valence-electron chi connectivity index (χ2n) is 5.35. The molecule has 0 fully saturated rings. The van der Waals surface area contributed by atoms with Gasteiger partial charge < -0.3 is 16.0 Å². The number of hydrogen-bond donors (Lipinski definition) is 3. The summed E-state index contributed by atoms with van der Waals surface area (Å²) < 4.78 is 0. The first kappa shape index (κ1) is 19.3. The van der Waals surface area contributed by atoms with Gasteiger partial charge in [0.05, 0.1) is 12.2 Å². The lowest BCUT2D eigenvalue weighted by Crippen LogP contribution is -2.28. The predicted octanol–water partition coefficient (Wildman–Crippen LogP) is 4.07. The molecule has 0 unspecified atom stereocenters. The SMILES string of the molecule is CCCC(=O)Nc1cccc(NC(=O)NCc2csc(CSC)n2)c1. The Bertz CT molecular complexity index is 718. The lowest BCUT2D eigenvalue weighted by Gasteiger charge is -2.09. The number of nitrogens with one attached hydrogen (secondary N) is 3. The zero-order valence-corrected chi connectivity index (χ0v) is 15.9. The largest absolute Gasteiger partial charge is 0.332 e. The number of aromatic nitrogens is 1. The summed E-state index contributed by atoms with van der Waals surface area (Å²) in [7, 11) is 0. The smallest absolute Gasteiger partial charge is 0.319 e. The Balaban J connectivity index is 1.84. The number of anilines is 2. The van der Waals surface area contributed by atoms with E-state index < -0.39 is 0 Å². The van der Waals surface area contributed by atoms with Crippen molar-refractivity contribution in [2.75, 3.05) is 16.9 Å². The van der Waals surface area contributed by atoms with E-state index >= 15 is 0 Å². The quantitative estimate of drug-likeness (QED) is 0.647. The number of amides is 3. The lowest BCUT2D eigenvalue weighted by atomic mass is 10.2. The van der Waals surface area contributed by atoms with Gasteiger partial charge in [-0.25, -0.2) is 9.78 Å². The average molecular weight is 379 g/mol. The first-order chi connectivity index (χ1) is 12.1. The topological polar surface area (TPSA) is 83.1 Å². The fourth-order valence-corrected chi connectivity index (χ4v) is 3.61. The maximum Gasteiger partial charge on any atom is 0.319 e. The van der Waals surface area contributed by atoms with Crippen LogP contribution in [0.3, 0.4) is 0 Å². The molecule has 25 heavy (non-hydrogen) atoms. The van der Waals surface area contributed by atoms with Crippen molar-refractivity contribution in [3.63, 3.8) is 0 Å². The van der Waals surface area contributed by atoms with Crippen molar-refractivity contribution >= 4 is 46.4 Å². The van der Waals surface area contributed by atoms with E-state index in [9.17, 15) is 9.59 Å². The number of thiazole rings is 1. The molecule has 0 saturated carbocycles. The molecular formula is C17H22N4O2S2. The van der Waals surface area contributed by atoms with Gasteiger partial charge in [0.25, 0.3) is 0 Å². The third kappa shape index (κ3) is 6.75. The molecule has 1 aromatic carbocycles. The molecule has 3 N–H and O–H groups in total. The standard InChI is InChI=1S/C17H22N4O2S2/c1-3-5-15(22)19-12-6-4-7-13(8-12)21-17(23)18-9-14-10-25-16(20-14)11-24-2/h4,6-8,10H,3,5,9,11H2,1-2H3,(H,19,22)(H2,18,21,23). The fraction of sp³-hybridized carbons (Fsp3) is 0.353. The van der Waals surface area contributed by atoms with Crippen LogP contribution in [0.2, 0.25) is 0 Å². The van der Waals surface area contributed by atoms with Crippen LogP contribution in [-0.4, -0.2) is 23.2 Å². The molecule has 0 aliphatic heterocycles. The number of carbonyl (C=O) groups is 2. The van der Waals surface area contributed by atoms with Gasteiger partial charge in [0.15, 0.2) is 0 Å². The normalized spacial score (nSPS) is 10.3. The molecule has 0 radical (unpaired) electrons. The van der Waals surface area contributed by atoms with E-state index in [1.54, 1.807) is 47.4 Å². The molecule has 1 heterocycles. The van der Waals surface area contributed by atoms with Crippen LogP contribution in [0, 0.1) is 0 Å². The Morgan fingerprint density at radius 3 is 2.72 bits per heavy atom. The molecule has 134 valence electrons. The highest BCUT2D eigenvalue weighted by Crippen LogP contribution is 2.16. The van der Waals surface area contributed by atoms with Crippen LogP contribution in [0.25, 0.3) is 0 Å². The average Bonchev–Trinajstić information content (AvgIpc) is 3.01. The number of benzene rings is 1. The van der Waals surface area contributed by atoms with Gasteiger partial charge in [0.1, 0.15) is 5.01 Å². The molecule has 0 atom stereocenters. The first-order valence-corrected chi connectivity index (χ1v) is 10.2. The van der Waals surface area contributed by atoms with E-state index in [0.717, 1.165) is 22.9 Å². The molecule has 2 rings (SSSR count). The van der Waals surface area contributed by atoms with Crippen LogP contribution < -0.4 is 16.0 Å². The summed E-state index contributed by atoms with van der Waals surface area (Å²) in [4.78, 5) is 28.1. The van der Waals surface area contributed by atoms with Crippen LogP contribution in [0.15, 0.2) is 29.6 Å². The summed E-state index contributed by atoms with van der Waals surface area (Å²) in [5, 5.41) is 11.4. The van der Waals surface area contributed by atoms with Crippen LogP contribution in [0.1, 0.15) is 30.5 Å². The lowest BCUT2D eigenvalue weighted by molar-refractivity contribution is -0.116. The van der Waals surface area contributed by atoms with Crippen molar-refractivity contribution in [3.8, 4) is 0 Å². The van der Waals surface area contributed by atoms with Gasteiger partial charge in [-0.05, 0) is 30.9 Å². The summed E-state index contributed by atoms with van der Waals surface area (Å²) in [6.07, 6.45) is 3.30. The maximum atomic E-state index is 12.0. The predicted molar refractivity (Wildman–Crippen MR) is 105 cm³/mol. The van der Waals surface area contributed by atoms with E-state index in [1.165, 1.54) is 0 Å². The zero-order chi connectivity index (χ0) is 18.1. The van der Waals surface area contributed by atoms with E-state index in [0.29, 0.717) is 24.3 Å². The van der Waals surface area contributed by atoms with Gasteiger partial charge in [-0.1, -0.05) is 13.0 Å². The number of nitrogens with zero attached hydrogens (tertiary/aromatic N) is 1.